The highest BCUT2D eigenvalue weighted by Crippen LogP contribution is 2.26. The second kappa shape index (κ2) is 7.95. The van der Waals surface area contributed by atoms with Gasteiger partial charge in [0.05, 0.1) is 0 Å². The maximum atomic E-state index is 13.1. The van der Waals surface area contributed by atoms with Gasteiger partial charge in [0.25, 0.3) is 0 Å². The quantitative estimate of drug-likeness (QED) is 0.896. The van der Waals surface area contributed by atoms with E-state index in [2.05, 4.69) is 5.32 Å². The zero-order valence-corrected chi connectivity index (χ0v) is 13.7. The molecule has 0 bridgehead atoms. The first-order chi connectivity index (χ1) is 11.7. The van der Waals surface area contributed by atoms with Gasteiger partial charge >= 0.3 is 6.03 Å². The van der Waals surface area contributed by atoms with Crippen LogP contribution in [0.5, 0.6) is 0 Å². The highest BCUT2D eigenvalue weighted by molar-refractivity contribution is 5.74. The minimum absolute atomic E-state index is 0.0205. The monoisotopic (exact) mass is 326 g/mol. The molecule has 2 aromatic rings. The molecule has 4 heteroatoms. The fraction of sp³-hybridized carbons (Fsp3) is 0.350. The van der Waals surface area contributed by atoms with Gasteiger partial charge in [-0.2, -0.15) is 0 Å². The van der Waals surface area contributed by atoms with Gasteiger partial charge in [0.1, 0.15) is 5.82 Å². The van der Waals surface area contributed by atoms with E-state index in [1.165, 1.54) is 12.1 Å². The molecule has 1 atom stereocenters. The SMILES string of the molecule is O=C(NCc1ccccc1)N1CCCCC(c2ccc(F)cc2)C1. The number of amides is 2. The standard InChI is InChI=1S/C20H23FN2O/c21-19-11-9-17(10-12-19)18-8-4-5-13-23(15-18)20(24)22-14-16-6-2-1-3-7-16/h1-3,6-7,9-12,18H,4-5,8,13-15H2,(H,22,24). The Morgan fingerprint density at radius 1 is 1.08 bits per heavy atom. The van der Waals surface area contributed by atoms with Gasteiger partial charge in [-0.25, -0.2) is 9.18 Å². The lowest BCUT2D eigenvalue weighted by atomic mass is 9.94. The average Bonchev–Trinajstić information content (AvgIpc) is 2.87. The van der Waals surface area contributed by atoms with Gasteiger partial charge in [-0.15, -0.1) is 0 Å². The zero-order valence-electron chi connectivity index (χ0n) is 13.7. The molecular weight excluding hydrogens is 303 g/mol. The van der Waals surface area contributed by atoms with Gasteiger partial charge in [-0.1, -0.05) is 48.9 Å². The molecule has 0 saturated carbocycles. The number of likely N-dealkylation sites (tertiary alicyclic amines) is 1. The Bertz CT molecular complexity index is 657. The fourth-order valence-corrected chi connectivity index (χ4v) is 3.22. The first kappa shape index (κ1) is 16.5. The lowest BCUT2D eigenvalue weighted by Crippen LogP contribution is -2.41. The summed E-state index contributed by atoms with van der Waals surface area (Å²) in [6.07, 6.45) is 3.13. The van der Waals surface area contributed by atoms with E-state index in [1.54, 1.807) is 0 Å². The smallest absolute Gasteiger partial charge is 0.317 e. The Morgan fingerprint density at radius 3 is 2.58 bits per heavy atom. The number of benzene rings is 2. The molecule has 2 aromatic carbocycles. The van der Waals surface area contributed by atoms with Crippen LogP contribution in [0, 0.1) is 5.82 Å². The van der Waals surface area contributed by atoms with Crippen molar-refractivity contribution in [3.05, 3.63) is 71.5 Å². The normalized spacial score (nSPS) is 18.0. The van der Waals surface area contributed by atoms with Crippen LogP contribution in [-0.2, 0) is 6.54 Å². The number of carbonyl (C=O) groups is 1. The minimum Gasteiger partial charge on any atom is -0.334 e. The lowest BCUT2D eigenvalue weighted by molar-refractivity contribution is 0.197. The van der Waals surface area contributed by atoms with Crippen LogP contribution in [0.15, 0.2) is 54.6 Å². The highest BCUT2D eigenvalue weighted by Gasteiger charge is 2.23. The minimum atomic E-state index is -0.218. The summed E-state index contributed by atoms with van der Waals surface area (Å²) < 4.78 is 13.1. The van der Waals surface area contributed by atoms with Crippen LogP contribution in [0.4, 0.5) is 9.18 Å². The topological polar surface area (TPSA) is 32.3 Å². The third kappa shape index (κ3) is 4.34. The fourth-order valence-electron chi connectivity index (χ4n) is 3.22. The van der Waals surface area contributed by atoms with E-state index in [9.17, 15) is 9.18 Å². The maximum absolute atomic E-state index is 13.1. The summed E-state index contributed by atoms with van der Waals surface area (Å²) in [4.78, 5) is 14.4. The predicted molar refractivity (Wildman–Crippen MR) is 93.2 cm³/mol. The Kier molecular flexibility index (Phi) is 5.47. The second-order valence-electron chi connectivity index (χ2n) is 6.33. The van der Waals surface area contributed by atoms with E-state index in [-0.39, 0.29) is 17.8 Å². The van der Waals surface area contributed by atoms with Gasteiger partial charge in [0.2, 0.25) is 0 Å². The van der Waals surface area contributed by atoms with E-state index in [1.807, 2.05) is 47.4 Å². The molecule has 0 aromatic heterocycles. The van der Waals surface area contributed by atoms with Crippen molar-refractivity contribution in [2.45, 2.75) is 31.7 Å². The van der Waals surface area contributed by atoms with Crippen LogP contribution in [0.1, 0.15) is 36.3 Å². The number of hydrogen-bond acceptors (Lipinski definition) is 1. The lowest BCUT2D eigenvalue weighted by Gasteiger charge is -2.25. The van der Waals surface area contributed by atoms with E-state index in [0.717, 1.165) is 36.9 Å². The molecule has 1 fully saturated rings. The number of hydrogen-bond donors (Lipinski definition) is 1. The number of nitrogens with one attached hydrogen (secondary N) is 1. The molecule has 1 aliphatic heterocycles. The van der Waals surface area contributed by atoms with E-state index < -0.39 is 0 Å². The number of urea groups is 1. The molecule has 126 valence electrons. The van der Waals surface area contributed by atoms with Gasteiger partial charge in [-0.3, -0.25) is 0 Å². The molecule has 2 amide bonds. The number of carbonyl (C=O) groups excluding carboxylic acids is 1. The summed E-state index contributed by atoms with van der Waals surface area (Å²) in [6, 6.07) is 16.6. The van der Waals surface area contributed by atoms with Crippen LogP contribution in [0.25, 0.3) is 0 Å². The van der Waals surface area contributed by atoms with Crippen molar-refractivity contribution in [2.75, 3.05) is 13.1 Å². The van der Waals surface area contributed by atoms with Crippen molar-refractivity contribution >= 4 is 6.03 Å². The Morgan fingerprint density at radius 2 is 1.83 bits per heavy atom. The highest BCUT2D eigenvalue weighted by atomic mass is 19.1. The van der Waals surface area contributed by atoms with Gasteiger partial charge in [0, 0.05) is 25.6 Å². The third-order valence-corrected chi connectivity index (χ3v) is 4.59. The van der Waals surface area contributed by atoms with Crippen molar-refractivity contribution < 1.29 is 9.18 Å². The molecule has 1 unspecified atom stereocenters. The zero-order chi connectivity index (χ0) is 16.8. The van der Waals surface area contributed by atoms with Crippen LogP contribution in [0.3, 0.4) is 0 Å². The van der Waals surface area contributed by atoms with Crippen molar-refractivity contribution in [3.63, 3.8) is 0 Å². The Balaban J connectivity index is 1.61. The molecule has 0 aliphatic carbocycles. The third-order valence-electron chi connectivity index (χ3n) is 4.59. The summed E-state index contributed by atoms with van der Waals surface area (Å²) in [5, 5.41) is 3.00. The molecule has 3 nitrogen and oxygen atoms in total. The molecule has 24 heavy (non-hydrogen) atoms. The largest absolute Gasteiger partial charge is 0.334 e. The molecular formula is C20H23FN2O. The van der Waals surface area contributed by atoms with E-state index >= 15 is 0 Å². The van der Waals surface area contributed by atoms with Gasteiger partial charge < -0.3 is 10.2 Å². The molecule has 3 rings (SSSR count). The molecule has 0 radical (unpaired) electrons. The van der Waals surface area contributed by atoms with Crippen LogP contribution >= 0.6 is 0 Å². The first-order valence-electron chi connectivity index (χ1n) is 8.54. The summed E-state index contributed by atoms with van der Waals surface area (Å²) in [5.41, 5.74) is 2.20. The average molecular weight is 326 g/mol. The Labute approximate surface area is 142 Å². The van der Waals surface area contributed by atoms with Crippen LogP contribution in [-0.4, -0.2) is 24.0 Å². The summed E-state index contributed by atoms with van der Waals surface area (Å²) in [5.74, 6) is 0.0559. The van der Waals surface area contributed by atoms with Gasteiger partial charge in [0.15, 0.2) is 0 Å². The van der Waals surface area contributed by atoms with E-state index in [0.29, 0.717) is 13.1 Å². The van der Waals surface area contributed by atoms with Crippen molar-refractivity contribution in [1.82, 2.24) is 10.2 Å². The van der Waals surface area contributed by atoms with Crippen molar-refractivity contribution in [2.24, 2.45) is 0 Å². The molecule has 1 N–H and O–H groups in total. The number of rotatable bonds is 3. The summed E-state index contributed by atoms with van der Waals surface area (Å²) in [6.45, 7) is 2.00. The maximum Gasteiger partial charge on any atom is 0.317 e. The van der Waals surface area contributed by atoms with Crippen LogP contribution < -0.4 is 5.32 Å². The number of halogens is 1. The second-order valence-corrected chi connectivity index (χ2v) is 6.33. The summed E-state index contributed by atoms with van der Waals surface area (Å²) >= 11 is 0. The van der Waals surface area contributed by atoms with Crippen LogP contribution in [0.2, 0.25) is 0 Å². The van der Waals surface area contributed by atoms with Gasteiger partial charge in [-0.05, 0) is 36.1 Å². The first-order valence-corrected chi connectivity index (χ1v) is 8.54. The number of nitrogens with zero attached hydrogens (tertiary/aromatic N) is 1. The van der Waals surface area contributed by atoms with E-state index in [4.69, 9.17) is 0 Å². The summed E-state index contributed by atoms with van der Waals surface area (Å²) in [7, 11) is 0. The van der Waals surface area contributed by atoms with Crippen molar-refractivity contribution in [1.29, 1.82) is 0 Å². The van der Waals surface area contributed by atoms with Crippen molar-refractivity contribution in [3.8, 4) is 0 Å². The molecule has 0 spiro atoms. The Hall–Kier alpha value is -2.36. The molecule has 1 saturated heterocycles. The molecule has 1 heterocycles. The molecule has 1 aliphatic rings. The predicted octanol–water partition coefficient (Wildman–Crippen LogP) is 4.31.